The van der Waals surface area contributed by atoms with Crippen molar-refractivity contribution in [2.75, 3.05) is 12.4 Å². The van der Waals surface area contributed by atoms with Gasteiger partial charge in [-0.1, -0.05) is 29.3 Å². The average Bonchev–Trinajstić information content (AvgIpc) is 2.42. The van der Waals surface area contributed by atoms with E-state index in [9.17, 15) is 8.78 Å². The number of hydrogen-bond donors (Lipinski definition) is 1. The number of halogens is 4. The van der Waals surface area contributed by atoms with Crippen LogP contribution in [0.4, 0.5) is 14.5 Å². The van der Waals surface area contributed by atoms with Crippen LogP contribution in [-0.4, -0.2) is 7.11 Å². The largest absolute Gasteiger partial charge is 0.497 e. The Labute approximate surface area is 131 Å². The summed E-state index contributed by atoms with van der Waals surface area (Å²) >= 11 is 11.9. The van der Waals surface area contributed by atoms with Gasteiger partial charge in [-0.25, -0.2) is 8.78 Å². The number of methoxy groups -OCH3 is 1. The van der Waals surface area contributed by atoms with Crippen molar-refractivity contribution < 1.29 is 13.5 Å². The van der Waals surface area contributed by atoms with Gasteiger partial charge in [0.15, 0.2) is 0 Å². The Morgan fingerprint density at radius 2 is 1.71 bits per heavy atom. The van der Waals surface area contributed by atoms with Gasteiger partial charge in [0.05, 0.1) is 28.9 Å². The Hall–Kier alpha value is -1.52. The second-order valence-corrected chi connectivity index (χ2v) is 5.31. The van der Waals surface area contributed by atoms with Crippen molar-refractivity contribution in [2.24, 2.45) is 0 Å². The molecule has 0 aliphatic carbocycles. The van der Waals surface area contributed by atoms with Crippen LogP contribution < -0.4 is 10.1 Å². The van der Waals surface area contributed by atoms with Crippen LogP contribution in [0.5, 0.6) is 5.75 Å². The molecule has 0 aliphatic heterocycles. The van der Waals surface area contributed by atoms with Crippen molar-refractivity contribution in [3.05, 3.63) is 57.6 Å². The smallest absolute Gasteiger partial charge is 0.132 e. The van der Waals surface area contributed by atoms with Gasteiger partial charge >= 0.3 is 0 Å². The lowest BCUT2D eigenvalue weighted by atomic mass is 10.1. The van der Waals surface area contributed by atoms with Crippen LogP contribution in [0.25, 0.3) is 0 Å². The topological polar surface area (TPSA) is 21.3 Å². The van der Waals surface area contributed by atoms with E-state index in [1.165, 1.54) is 13.2 Å². The van der Waals surface area contributed by atoms with Gasteiger partial charge in [-0.2, -0.15) is 0 Å². The van der Waals surface area contributed by atoms with Gasteiger partial charge in [-0.15, -0.1) is 0 Å². The first kappa shape index (κ1) is 15.9. The molecule has 2 aromatic carbocycles. The zero-order valence-corrected chi connectivity index (χ0v) is 12.9. The molecule has 112 valence electrons. The summed E-state index contributed by atoms with van der Waals surface area (Å²) in [6.45, 7) is 1.75. The van der Waals surface area contributed by atoms with Gasteiger partial charge in [0, 0.05) is 11.6 Å². The van der Waals surface area contributed by atoms with E-state index in [4.69, 9.17) is 27.9 Å². The van der Waals surface area contributed by atoms with Crippen molar-refractivity contribution in [3.8, 4) is 5.75 Å². The Kier molecular flexibility index (Phi) is 4.91. The molecule has 0 saturated carbocycles. The molecule has 0 aromatic heterocycles. The van der Waals surface area contributed by atoms with E-state index in [2.05, 4.69) is 5.32 Å². The number of ether oxygens (including phenoxy) is 1. The van der Waals surface area contributed by atoms with Crippen LogP contribution in [-0.2, 0) is 0 Å². The molecule has 0 saturated heterocycles. The van der Waals surface area contributed by atoms with Gasteiger partial charge in [0.25, 0.3) is 0 Å². The molecule has 21 heavy (non-hydrogen) atoms. The van der Waals surface area contributed by atoms with Crippen molar-refractivity contribution in [2.45, 2.75) is 13.0 Å². The molecule has 1 atom stereocenters. The maximum absolute atomic E-state index is 14.0. The summed E-state index contributed by atoms with van der Waals surface area (Å²) in [5, 5.41) is 3.27. The van der Waals surface area contributed by atoms with E-state index < -0.39 is 17.7 Å². The van der Waals surface area contributed by atoms with E-state index in [0.717, 1.165) is 12.1 Å². The minimum absolute atomic E-state index is 0.140. The van der Waals surface area contributed by atoms with Crippen molar-refractivity contribution in [1.82, 2.24) is 0 Å². The standard InChI is InChI=1S/C15H13Cl2F2NO/c1-8(11-4-3-10(21-2)7-14(11)19)20-15-12(16)5-9(18)6-13(15)17/h3-8,20H,1-2H3. The quantitative estimate of drug-likeness (QED) is 0.803. The minimum Gasteiger partial charge on any atom is -0.497 e. The predicted molar refractivity (Wildman–Crippen MR) is 81.4 cm³/mol. The van der Waals surface area contributed by atoms with Crippen LogP contribution in [0.2, 0.25) is 10.0 Å². The van der Waals surface area contributed by atoms with Crippen molar-refractivity contribution in [3.63, 3.8) is 0 Å². The minimum atomic E-state index is -0.529. The summed E-state index contributed by atoms with van der Waals surface area (Å²) in [6.07, 6.45) is 0. The molecule has 2 aromatic rings. The molecular formula is C15H13Cl2F2NO. The normalized spacial score (nSPS) is 12.1. The third-order valence-electron chi connectivity index (χ3n) is 3.04. The fourth-order valence-corrected chi connectivity index (χ4v) is 2.53. The van der Waals surface area contributed by atoms with E-state index in [0.29, 0.717) is 17.0 Å². The fraction of sp³-hybridized carbons (Fsp3) is 0.200. The zero-order chi connectivity index (χ0) is 15.6. The Bertz CT molecular complexity index is 641. The molecule has 2 nitrogen and oxygen atoms in total. The first-order valence-electron chi connectivity index (χ1n) is 6.17. The third kappa shape index (κ3) is 3.57. The molecule has 6 heteroatoms. The summed E-state index contributed by atoms with van der Waals surface area (Å²) in [5.74, 6) is -0.510. The first-order valence-corrected chi connectivity index (χ1v) is 6.92. The maximum Gasteiger partial charge on any atom is 0.132 e. The van der Waals surface area contributed by atoms with E-state index in [-0.39, 0.29) is 10.0 Å². The van der Waals surface area contributed by atoms with E-state index in [1.54, 1.807) is 19.1 Å². The highest BCUT2D eigenvalue weighted by atomic mass is 35.5. The number of anilines is 1. The van der Waals surface area contributed by atoms with Crippen LogP contribution >= 0.6 is 23.2 Å². The lowest BCUT2D eigenvalue weighted by molar-refractivity contribution is 0.410. The third-order valence-corrected chi connectivity index (χ3v) is 3.64. The van der Waals surface area contributed by atoms with Crippen LogP contribution in [0.3, 0.4) is 0 Å². The van der Waals surface area contributed by atoms with Crippen LogP contribution in [0, 0.1) is 11.6 Å². The molecule has 0 bridgehead atoms. The van der Waals surface area contributed by atoms with Gasteiger partial charge in [0.2, 0.25) is 0 Å². The predicted octanol–water partition coefficient (Wildman–Crippen LogP) is 5.45. The number of nitrogens with one attached hydrogen (secondary N) is 1. The van der Waals surface area contributed by atoms with E-state index >= 15 is 0 Å². The molecule has 0 amide bonds. The van der Waals surface area contributed by atoms with Crippen LogP contribution in [0.15, 0.2) is 30.3 Å². The summed E-state index contributed by atoms with van der Waals surface area (Å²) in [4.78, 5) is 0. The monoisotopic (exact) mass is 331 g/mol. The molecule has 2 rings (SSSR count). The first-order chi connectivity index (χ1) is 9.92. The molecule has 0 radical (unpaired) electrons. The molecule has 0 fully saturated rings. The van der Waals surface area contributed by atoms with Gasteiger partial charge in [0.1, 0.15) is 17.4 Å². The summed E-state index contributed by atoms with van der Waals surface area (Å²) in [5.41, 5.74) is 0.787. The van der Waals surface area contributed by atoms with Gasteiger partial charge < -0.3 is 10.1 Å². The second kappa shape index (κ2) is 6.50. The molecule has 1 unspecified atom stereocenters. The second-order valence-electron chi connectivity index (χ2n) is 4.50. The lowest BCUT2D eigenvalue weighted by Gasteiger charge is -2.19. The molecule has 1 N–H and O–H groups in total. The highest BCUT2D eigenvalue weighted by molar-refractivity contribution is 6.39. The van der Waals surface area contributed by atoms with Crippen LogP contribution in [0.1, 0.15) is 18.5 Å². The Balaban J connectivity index is 2.28. The number of hydrogen-bond acceptors (Lipinski definition) is 2. The lowest BCUT2D eigenvalue weighted by Crippen LogP contribution is -2.09. The number of benzene rings is 2. The maximum atomic E-state index is 14.0. The zero-order valence-electron chi connectivity index (χ0n) is 11.4. The van der Waals surface area contributed by atoms with E-state index in [1.807, 2.05) is 0 Å². The summed E-state index contributed by atoms with van der Waals surface area (Å²) in [6, 6.07) is 6.44. The summed E-state index contributed by atoms with van der Waals surface area (Å²) < 4.78 is 32.1. The highest BCUT2D eigenvalue weighted by Gasteiger charge is 2.15. The Morgan fingerprint density at radius 3 is 2.24 bits per heavy atom. The van der Waals surface area contributed by atoms with Gasteiger partial charge in [-0.3, -0.25) is 0 Å². The fourth-order valence-electron chi connectivity index (χ4n) is 1.96. The average molecular weight is 332 g/mol. The number of rotatable bonds is 4. The van der Waals surface area contributed by atoms with Crippen molar-refractivity contribution in [1.29, 1.82) is 0 Å². The highest BCUT2D eigenvalue weighted by Crippen LogP contribution is 2.34. The SMILES string of the molecule is COc1ccc(C(C)Nc2c(Cl)cc(F)cc2Cl)c(F)c1. The van der Waals surface area contributed by atoms with Gasteiger partial charge in [-0.05, 0) is 25.1 Å². The summed E-state index contributed by atoms with van der Waals surface area (Å²) in [7, 11) is 1.47. The molecule has 0 aliphatic rings. The molecule has 0 heterocycles. The Morgan fingerprint density at radius 1 is 1.10 bits per heavy atom. The molecular weight excluding hydrogens is 319 g/mol. The van der Waals surface area contributed by atoms with Crippen molar-refractivity contribution >= 4 is 28.9 Å². The molecule has 0 spiro atoms.